The second kappa shape index (κ2) is 8.35. The molecule has 20 heavy (non-hydrogen) atoms. The lowest BCUT2D eigenvalue weighted by Crippen LogP contribution is -2.33. The summed E-state index contributed by atoms with van der Waals surface area (Å²) in [6.07, 6.45) is 2.46. The van der Waals surface area contributed by atoms with Crippen LogP contribution in [0, 0.1) is 12.8 Å². The second-order valence-electron chi connectivity index (χ2n) is 5.12. The summed E-state index contributed by atoms with van der Waals surface area (Å²) in [5.41, 5.74) is 2.31. The lowest BCUT2D eigenvalue weighted by Gasteiger charge is -2.12. The summed E-state index contributed by atoms with van der Waals surface area (Å²) in [6.45, 7) is 4.18. The number of carbonyl (C=O) groups excluding carboxylic acids is 1. The molecular weight excluding hydrogens is 254 g/mol. The zero-order valence-electron chi connectivity index (χ0n) is 12.2. The Kier molecular flexibility index (Phi) is 6.77. The third-order valence-electron chi connectivity index (χ3n) is 3.26. The summed E-state index contributed by atoms with van der Waals surface area (Å²) >= 11 is 0. The van der Waals surface area contributed by atoms with Crippen LogP contribution in [-0.2, 0) is 16.0 Å². The molecule has 2 N–H and O–H groups in total. The van der Waals surface area contributed by atoms with Crippen molar-refractivity contribution in [1.82, 2.24) is 5.32 Å². The van der Waals surface area contributed by atoms with Crippen molar-refractivity contribution in [2.75, 3.05) is 6.54 Å². The van der Waals surface area contributed by atoms with Crippen molar-refractivity contribution in [3.63, 3.8) is 0 Å². The highest BCUT2D eigenvalue weighted by Gasteiger charge is 2.16. The van der Waals surface area contributed by atoms with Crippen molar-refractivity contribution in [1.29, 1.82) is 0 Å². The lowest BCUT2D eigenvalue weighted by molar-refractivity contribution is -0.141. The van der Waals surface area contributed by atoms with Gasteiger partial charge >= 0.3 is 5.97 Å². The van der Waals surface area contributed by atoms with Crippen LogP contribution in [0.1, 0.15) is 37.3 Å². The number of hydrogen-bond acceptors (Lipinski definition) is 2. The highest BCUT2D eigenvalue weighted by molar-refractivity contribution is 5.77. The standard InChI is InChI=1S/C16H23NO3/c1-3-5-14(16(19)20)11-17-15(18)9-8-13-7-4-6-12(2)10-13/h4,6-7,10,14H,3,5,8-9,11H2,1-2H3,(H,17,18)(H,19,20). The minimum atomic E-state index is -0.842. The van der Waals surface area contributed by atoms with E-state index in [0.717, 1.165) is 12.0 Å². The number of hydrogen-bond donors (Lipinski definition) is 2. The molecule has 4 nitrogen and oxygen atoms in total. The van der Waals surface area contributed by atoms with Crippen LogP contribution in [0.2, 0.25) is 0 Å². The van der Waals surface area contributed by atoms with Gasteiger partial charge in [0, 0.05) is 13.0 Å². The maximum atomic E-state index is 11.7. The minimum Gasteiger partial charge on any atom is -0.481 e. The van der Waals surface area contributed by atoms with Gasteiger partial charge in [0.25, 0.3) is 0 Å². The first-order valence-corrected chi connectivity index (χ1v) is 7.08. The van der Waals surface area contributed by atoms with E-state index in [2.05, 4.69) is 11.4 Å². The SMILES string of the molecule is CCCC(CNC(=O)CCc1cccc(C)c1)C(=O)O. The molecule has 0 saturated carbocycles. The number of carboxylic acids is 1. The molecule has 1 atom stereocenters. The van der Waals surface area contributed by atoms with Gasteiger partial charge in [0.15, 0.2) is 0 Å². The van der Waals surface area contributed by atoms with Gasteiger partial charge in [0.1, 0.15) is 0 Å². The molecular formula is C16H23NO3. The summed E-state index contributed by atoms with van der Waals surface area (Å²) in [6, 6.07) is 8.05. The maximum absolute atomic E-state index is 11.7. The maximum Gasteiger partial charge on any atom is 0.308 e. The van der Waals surface area contributed by atoms with E-state index in [4.69, 9.17) is 5.11 Å². The molecule has 4 heteroatoms. The van der Waals surface area contributed by atoms with Crippen LogP contribution in [0.4, 0.5) is 0 Å². The first-order chi connectivity index (χ1) is 9.52. The predicted octanol–water partition coefficient (Wildman–Crippen LogP) is 2.54. The van der Waals surface area contributed by atoms with Gasteiger partial charge in [-0.05, 0) is 25.3 Å². The van der Waals surface area contributed by atoms with Gasteiger partial charge in [-0.25, -0.2) is 0 Å². The van der Waals surface area contributed by atoms with Crippen molar-refractivity contribution < 1.29 is 14.7 Å². The summed E-state index contributed by atoms with van der Waals surface area (Å²) < 4.78 is 0. The zero-order valence-corrected chi connectivity index (χ0v) is 12.2. The number of nitrogens with one attached hydrogen (secondary N) is 1. The van der Waals surface area contributed by atoms with Crippen molar-refractivity contribution in [2.45, 2.75) is 39.5 Å². The molecule has 0 aromatic heterocycles. The quantitative estimate of drug-likeness (QED) is 0.767. The van der Waals surface area contributed by atoms with Crippen molar-refractivity contribution >= 4 is 11.9 Å². The molecule has 1 unspecified atom stereocenters. The Balaban J connectivity index is 2.34. The number of benzene rings is 1. The van der Waals surface area contributed by atoms with Gasteiger partial charge in [-0.1, -0.05) is 43.2 Å². The topological polar surface area (TPSA) is 66.4 Å². The molecule has 110 valence electrons. The molecule has 0 spiro atoms. The smallest absolute Gasteiger partial charge is 0.308 e. The van der Waals surface area contributed by atoms with E-state index in [1.165, 1.54) is 5.56 Å². The van der Waals surface area contributed by atoms with Gasteiger partial charge in [0.05, 0.1) is 5.92 Å². The second-order valence-corrected chi connectivity index (χ2v) is 5.12. The highest BCUT2D eigenvalue weighted by Crippen LogP contribution is 2.07. The zero-order chi connectivity index (χ0) is 15.0. The van der Waals surface area contributed by atoms with Crippen LogP contribution < -0.4 is 5.32 Å². The average Bonchev–Trinajstić information content (AvgIpc) is 2.41. The average molecular weight is 277 g/mol. The fraction of sp³-hybridized carbons (Fsp3) is 0.500. The van der Waals surface area contributed by atoms with Crippen molar-refractivity contribution in [3.05, 3.63) is 35.4 Å². The van der Waals surface area contributed by atoms with Crippen LogP contribution in [0.3, 0.4) is 0 Å². The fourth-order valence-corrected chi connectivity index (χ4v) is 2.11. The Labute approximate surface area is 120 Å². The Morgan fingerprint density at radius 3 is 2.70 bits per heavy atom. The molecule has 0 fully saturated rings. The third-order valence-corrected chi connectivity index (χ3v) is 3.26. The first kappa shape index (κ1) is 16.2. The predicted molar refractivity (Wildman–Crippen MR) is 78.5 cm³/mol. The molecule has 1 aromatic rings. The van der Waals surface area contributed by atoms with Gasteiger partial charge in [-0.2, -0.15) is 0 Å². The number of carbonyl (C=O) groups is 2. The molecule has 0 heterocycles. The summed E-state index contributed by atoms with van der Waals surface area (Å²) in [7, 11) is 0. The normalized spacial score (nSPS) is 11.9. The Morgan fingerprint density at radius 2 is 2.10 bits per heavy atom. The Bertz CT molecular complexity index is 457. The van der Waals surface area contributed by atoms with Gasteiger partial charge in [-0.15, -0.1) is 0 Å². The van der Waals surface area contributed by atoms with E-state index in [9.17, 15) is 9.59 Å². The molecule has 0 saturated heterocycles. The summed E-state index contributed by atoms with van der Waals surface area (Å²) in [5, 5.41) is 11.7. The monoisotopic (exact) mass is 277 g/mol. The Morgan fingerprint density at radius 1 is 1.35 bits per heavy atom. The molecule has 0 aliphatic rings. The summed E-state index contributed by atoms with van der Waals surface area (Å²) in [5.74, 6) is -1.41. The van der Waals surface area contributed by atoms with Crippen molar-refractivity contribution in [2.24, 2.45) is 5.92 Å². The highest BCUT2D eigenvalue weighted by atomic mass is 16.4. The molecule has 1 aromatic carbocycles. The summed E-state index contributed by atoms with van der Waals surface area (Å²) in [4.78, 5) is 22.7. The van der Waals surface area contributed by atoms with E-state index < -0.39 is 11.9 Å². The Hall–Kier alpha value is -1.84. The fourth-order valence-electron chi connectivity index (χ4n) is 2.11. The first-order valence-electron chi connectivity index (χ1n) is 7.08. The van der Waals surface area contributed by atoms with Crippen LogP contribution in [0.25, 0.3) is 0 Å². The van der Waals surface area contributed by atoms with E-state index >= 15 is 0 Å². The number of aliphatic carboxylic acids is 1. The van der Waals surface area contributed by atoms with Crippen LogP contribution >= 0.6 is 0 Å². The van der Waals surface area contributed by atoms with Gasteiger partial charge in [0.2, 0.25) is 5.91 Å². The van der Waals surface area contributed by atoms with E-state index in [1.807, 2.05) is 32.0 Å². The van der Waals surface area contributed by atoms with Gasteiger partial charge < -0.3 is 10.4 Å². The third kappa shape index (κ3) is 5.87. The van der Waals surface area contributed by atoms with Crippen LogP contribution in [0.15, 0.2) is 24.3 Å². The van der Waals surface area contributed by atoms with Gasteiger partial charge in [-0.3, -0.25) is 9.59 Å². The largest absolute Gasteiger partial charge is 0.481 e. The van der Waals surface area contributed by atoms with Crippen LogP contribution in [0.5, 0.6) is 0 Å². The molecule has 0 aliphatic carbocycles. The number of aryl methyl sites for hydroxylation is 2. The number of carboxylic acid groups (broad SMARTS) is 1. The van der Waals surface area contributed by atoms with Crippen LogP contribution in [-0.4, -0.2) is 23.5 Å². The molecule has 1 rings (SSSR count). The molecule has 1 amide bonds. The minimum absolute atomic E-state index is 0.0890. The number of amides is 1. The molecule has 0 radical (unpaired) electrons. The van der Waals surface area contributed by atoms with E-state index in [-0.39, 0.29) is 12.5 Å². The van der Waals surface area contributed by atoms with Crippen molar-refractivity contribution in [3.8, 4) is 0 Å². The van der Waals surface area contributed by atoms with E-state index in [0.29, 0.717) is 19.3 Å². The number of rotatable bonds is 8. The molecule has 0 bridgehead atoms. The lowest BCUT2D eigenvalue weighted by atomic mass is 10.0. The molecule has 0 aliphatic heterocycles. The van der Waals surface area contributed by atoms with E-state index in [1.54, 1.807) is 0 Å².